The van der Waals surface area contributed by atoms with Gasteiger partial charge in [-0.25, -0.2) is 4.79 Å². The zero-order valence-electron chi connectivity index (χ0n) is 7.28. The van der Waals surface area contributed by atoms with Crippen molar-refractivity contribution >= 4 is 27.6 Å². The summed E-state index contributed by atoms with van der Waals surface area (Å²) in [5.74, 6) is 1.04. The van der Waals surface area contributed by atoms with Crippen LogP contribution in [0.15, 0.2) is 11.3 Å². The number of carboxylic acid groups (broad SMARTS) is 1. The Hall–Kier alpha value is -0.290. The summed E-state index contributed by atoms with van der Waals surface area (Å²) in [6.07, 6.45) is 2.27. The van der Waals surface area contributed by atoms with Gasteiger partial charge in [-0.05, 0) is 19.3 Å². The summed E-state index contributed by atoms with van der Waals surface area (Å²) in [6.45, 7) is 0. The standard InChI is InChI=1S/C8H13NO2S2/c9-7-2-1-4-12-13-5-3-6(7)8(10)11/h1-5,9H2,(H,10,11)/b7-6-. The molecule has 0 aromatic carbocycles. The number of carboxylic acids is 1. The monoisotopic (exact) mass is 219 g/mol. The van der Waals surface area contributed by atoms with E-state index in [4.69, 9.17) is 10.8 Å². The molecular formula is C8H13NO2S2. The second-order valence-electron chi connectivity index (χ2n) is 2.81. The van der Waals surface area contributed by atoms with E-state index in [1.807, 2.05) is 0 Å². The number of aliphatic carboxylic acids is 1. The second kappa shape index (κ2) is 5.44. The highest BCUT2D eigenvalue weighted by Crippen LogP contribution is 2.27. The lowest BCUT2D eigenvalue weighted by atomic mass is 10.1. The maximum absolute atomic E-state index is 10.8. The molecule has 0 atom stereocenters. The molecule has 1 aliphatic heterocycles. The van der Waals surface area contributed by atoms with Gasteiger partial charge in [-0.1, -0.05) is 21.6 Å². The fourth-order valence-corrected chi connectivity index (χ4v) is 3.23. The third-order valence-electron chi connectivity index (χ3n) is 1.84. The van der Waals surface area contributed by atoms with E-state index >= 15 is 0 Å². The molecule has 0 fully saturated rings. The molecule has 0 radical (unpaired) electrons. The maximum atomic E-state index is 10.8. The third kappa shape index (κ3) is 3.52. The SMILES string of the molecule is N/C1=C(\C(=O)O)CCSSCCC1. The Morgan fingerprint density at radius 2 is 2.00 bits per heavy atom. The minimum atomic E-state index is -0.856. The van der Waals surface area contributed by atoms with Crippen molar-refractivity contribution < 1.29 is 9.90 Å². The van der Waals surface area contributed by atoms with Crippen molar-refractivity contribution in [2.24, 2.45) is 5.73 Å². The number of hydrogen-bond donors (Lipinski definition) is 2. The molecule has 0 saturated carbocycles. The van der Waals surface area contributed by atoms with Gasteiger partial charge in [0.15, 0.2) is 0 Å². The minimum Gasteiger partial charge on any atom is -0.478 e. The van der Waals surface area contributed by atoms with E-state index in [2.05, 4.69) is 0 Å². The molecule has 74 valence electrons. The Morgan fingerprint density at radius 1 is 1.31 bits per heavy atom. The molecule has 0 aliphatic carbocycles. The summed E-state index contributed by atoms with van der Waals surface area (Å²) < 4.78 is 0. The normalized spacial score (nSPS) is 25.8. The van der Waals surface area contributed by atoms with Crippen molar-refractivity contribution in [1.82, 2.24) is 0 Å². The predicted molar refractivity (Wildman–Crippen MR) is 57.6 cm³/mol. The molecule has 0 amide bonds. The summed E-state index contributed by atoms with van der Waals surface area (Å²) in [5.41, 5.74) is 6.68. The molecule has 0 aromatic rings. The first-order valence-electron chi connectivity index (χ1n) is 4.17. The smallest absolute Gasteiger partial charge is 0.333 e. The highest BCUT2D eigenvalue weighted by molar-refractivity contribution is 8.76. The lowest BCUT2D eigenvalue weighted by Gasteiger charge is -2.04. The van der Waals surface area contributed by atoms with Crippen molar-refractivity contribution in [3.05, 3.63) is 11.3 Å². The lowest BCUT2D eigenvalue weighted by Crippen LogP contribution is -2.11. The molecule has 1 aliphatic rings. The molecule has 5 heteroatoms. The van der Waals surface area contributed by atoms with Crippen LogP contribution in [0, 0.1) is 0 Å². The first-order valence-corrected chi connectivity index (χ1v) is 6.66. The van der Waals surface area contributed by atoms with Gasteiger partial charge in [0, 0.05) is 17.2 Å². The van der Waals surface area contributed by atoms with Crippen LogP contribution in [0.5, 0.6) is 0 Å². The van der Waals surface area contributed by atoms with Crippen molar-refractivity contribution in [3.63, 3.8) is 0 Å². The zero-order valence-corrected chi connectivity index (χ0v) is 8.92. The average Bonchev–Trinajstić information content (AvgIpc) is 2.16. The van der Waals surface area contributed by atoms with E-state index in [0.717, 1.165) is 24.3 Å². The number of hydrogen-bond acceptors (Lipinski definition) is 4. The summed E-state index contributed by atoms with van der Waals surface area (Å²) in [7, 11) is 3.53. The van der Waals surface area contributed by atoms with E-state index in [1.54, 1.807) is 21.6 Å². The first-order chi connectivity index (χ1) is 6.22. The van der Waals surface area contributed by atoms with Gasteiger partial charge < -0.3 is 10.8 Å². The summed E-state index contributed by atoms with van der Waals surface area (Å²) >= 11 is 0. The van der Waals surface area contributed by atoms with Crippen molar-refractivity contribution in [2.45, 2.75) is 19.3 Å². The van der Waals surface area contributed by atoms with Gasteiger partial charge in [0.05, 0.1) is 5.57 Å². The van der Waals surface area contributed by atoms with E-state index < -0.39 is 5.97 Å². The number of rotatable bonds is 1. The molecule has 13 heavy (non-hydrogen) atoms. The average molecular weight is 219 g/mol. The van der Waals surface area contributed by atoms with Crippen LogP contribution >= 0.6 is 21.6 Å². The van der Waals surface area contributed by atoms with Crippen LogP contribution in [0.1, 0.15) is 19.3 Å². The molecule has 1 rings (SSSR count). The van der Waals surface area contributed by atoms with Gasteiger partial charge in [0.25, 0.3) is 0 Å². The Bertz CT molecular complexity index is 228. The maximum Gasteiger partial charge on any atom is 0.333 e. The van der Waals surface area contributed by atoms with Crippen molar-refractivity contribution in [2.75, 3.05) is 11.5 Å². The molecule has 0 saturated heterocycles. The fraction of sp³-hybridized carbons (Fsp3) is 0.625. The fourth-order valence-electron chi connectivity index (χ4n) is 1.14. The van der Waals surface area contributed by atoms with Gasteiger partial charge in [0.1, 0.15) is 0 Å². The van der Waals surface area contributed by atoms with Gasteiger partial charge in [0.2, 0.25) is 0 Å². The van der Waals surface area contributed by atoms with E-state index in [0.29, 0.717) is 17.7 Å². The van der Waals surface area contributed by atoms with Crippen LogP contribution < -0.4 is 5.73 Å². The summed E-state index contributed by atoms with van der Waals surface area (Å²) in [6, 6.07) is 0. The molecule has 1 heterocycles. The van der Waals surface area contributed by atoms with Gasteiger partial charge in [-0.3, -0.25) is 0 Å². The number of nitrogens with two attached hydrogens (primary N) is 1. The Kier molecular flexibility index (Phi) is 4.52. The van der Waals surface area contributed by atoms with Gasteiger partial charge in [-0.15, -0.1) is 0 Å². The van der Waals surface area contributed by atoms with Crippen LogP contribution in [0.4, 0.5) is 0 Å². The minimum absolute atomic E-state index is 0.412. The summed E-state index contributed by atoms with van der Waals surface area (Å²) in [5, 5.41) is 8.86. The van der Waals surface area contributed by atoms with Gasteiger partial charge >= 0.3 is 5.97 Å². The lowest BCUT2D eigenvalue weighted by molar-refractivity contribution is -0.132. The number of allylic oxidation sites excluding steroid dienone is 1. The predicted octanol–water partition coefficient (Wildman–Crippen LogP) is 1.85. The third-order valence-corrected chi connectivity index (χ3v) is 4.33. The van der Waals surface area contributed by atoms with Gasteiger partial charge in [-0.2, -0.15) is 0 Å². The van der Waals surface area contributed by atoms with Crippen molar-refractivity contribution in [1.29, 1.82) is 0 Å². The zero-order chi connectivity index (χ0) is 9.68. The molecule has 0 unspecified atom stereocenters. The van der Waals surface area contributed by atoms with Crippen LogP contribution in [0.25, 0.3) is 0 Å². The topological polar surface area (TPSA) is 63.3 Å². The number of carbonyl (C=O) groups is 1. The van der Waals surface area contributed by atoms with Crippen LogP contribution in [-0.4, -0.2) is 22.6 Å². The Morgan fingerprint density at radius 3 is 2.69 bits per heavy atom. The highest BCUT2D eigenvalue weighted by atomic mass is 33.1. The first kappa shape index (κ1) is 10.8. The van der Waals surface area contributed by atoms with Crippen LogP contribution in [0.3, 0.4) is 0 Å². The molecular weight excluding hydrogens is 206 g/mol. The quantitative estimate of drug-likeness (QED) is 0.659. The molecule has 0 aromatic heterocycles. The molecule has 0 bridgehead atoms. The largest absolute Gasteiger partial charge is 0.478 e. The molecule has 0 spiro atoms. The van der Waals surface area contributed by atoms with E-state index in [9.17, 15) is 4.79 Å². The second-order valence-corrected chi connectivity index (χ2v) is 5.51. The highest BCUT2D eigenvalue weighted by Gasteiger charge is 2.13. The Balaban J connectivity index is 2.69. The van der Waals surface area contributed by atoms with Crippen LogP contribution in [0.2, 0.25) is 0 Å². The van der Waals surface area contributed by atoms with E-state index in [-0.39, 0.29) is 0 Å². The van der Waals surface area contributed by atoms with Crippen LogP contribution in [-0.2, 0) is 4.79 Å². The summed E-state index contributed by atoms with van der Waals surface area (Å²) in [4.78, 5) is 10.8. The van der Waals surface area contributed by atoms with E-state index in [1.165, 1.54) is 0 Å². The molecule has 3 N–H and O–H groups in total. The van der Waals surface area contributed by atoms with Crippen molar-refractivity contribution in [3.8, 4) is 0 Å². The molecule has 3 nitrogen and oxygen atoms in total. The Labute approximate surface area is 85.5 Å².